The zero-order valence-corrected chi connectivity index (χ0v) is 19.1. The second-order valence-electron chi connectivity index (χ2n) is 7.19. The summed E-state index contributed by atoms with van der Waals surface area (Å²) in [4.78, 5) is 26.3. The van der Waals surface area contributed by atoms with Gasteiger partial charge in [0.1, 0.15) is 18.1 Å². The van der Waals surface area contributed by atoms with Gasteiger partial charge < -0.3 is 19.5 Å². The highest BCUT2D eigenvalue weighted by Crippen LogP contribution is 2.16. The molecule has 0 aliphatic rings. The molecule has 3 rings (SSSR count). The predicted octanol–water partition coefficient (Wildman–Crippen LogP) is 4.28. The summed E-state index contributed by atoms with van der Waals surface area (Å²) in [5, 5.41) is 6.36. The molecule has 3 aromatic rings. The van der Waals surface area contributed by atoms with Crippen LogP contribution in [-0.2, 0) is 22.7 Å². The number of benzene rings is 2. The lowest BCUT2D eigenvalue weighted by molar-refractivity contribution is -0.128. The molecule has 0 saturated heterocycles. The van der Waals surface area contributed by atoms with Gasteiger partial charge in [-0.2, -0.15) is 0 Å². The molecule has 0 radical (unpaired) electrons. The molecular weight excluding hydrogens is 426 g/mol. The van der Waals surface area contributed by atoms with E-state index in [1.165, 1.54) is 11.8 Å². The minimum absolute atomic E-state index is 0.00742. The second kappa shape index (κ2) is 12.0. The standard InChI is InChI=1S/C24H27N3O4S/c1-3-27(24(29)17-32-16-23(28)25-22-13-18(2)31-26-22)14-19-9-11-21(12-10-19)30-15-20-7-5-4-6-8-20/h4-13H,3,14-17H2,1-2H3,(H,25,26,28). The predicted molar refractivity (Wildman–Crippen MR) is 126 cm³/mol. The maximum absolute atomic E-state index is 12.6. The van der Waals surface area contributed by atoms with Crippen LogP contribution in [0.25, 0.3) is 0 Å². The number of anilines is 1. The highest BCUT2D eigenvalue weighted by Gasteiger charge is 2.14. The van der Waals surface area contributed by atoms with Crippen LogP contribution in [-0.4, -0.2) is 39.9 Å². The van der Waals surface area contributed by atoms with Gasteiger partial charge in [-0.3, -0.25) is 9.59 Å². The minimum Gasteiger partial charge on any atom is -0.489 e. The normalized spacial score (nSPS) is 10.6. The third-order valence-corrected chi connectivity index (χ3v) is 5.55. The topological polar surface area (TPSA) is 84.7 Å². The highest BCUT2D eigenvalue weighted by atomic mass is 32.2. The molecular formula is C24H27N3O4S. The Morgan fingerprint density at radius 2 is 1.81 bits per heavy atom. The Kier molecular flexibility index (Phi) is 8.74. The lowest BCUT2D eigenvalue weighted by Gasteiger charge is -2.21. The van der Waals surface area contributed by atoms with Crippen LogP contribution in [0.3, 0.4) is 0 Å². The average molecular weight is 454 g/mol. The number of amides is 2. The van der Waals surface area contributed by atoms with Crippen LogP contribution >= 0.6 is 11.8 Å². The second-order valence-corrected chi connectivity index (χ2v) is 8.18. The third kappa shape index (κ3) is 7.46. The molecule has 168 valence electrons. The molecule has 0 bridgehead atoms. The largest absolute Gasteiger partial charge is 0.489 e. The fourth-order valence-corrected chi connectivity index (χ4v) is 3.67. The smallest absolute Gasteiger partial charge is 0.235 e. The molecule has 0 saturated carbocycles. The molecule has 0 spiro atoms. The Hall–Kier alpha value is -3.26. The van der Waals surface area contributed by atoms with Crippen LogP contribution < -0.4 is 10.1 Å². The first-order valence-corrected chi connectivity index (χ1v) is 11.5. The van der Waals surface area contributed by atoms with E-state index in [-0.39, 0.29) is 23.3 Å². The lowest BCUT2D eigenvalue weighted by atomic mass is 10.2. The Balaban J connectivity index is 1.41. The van der Waals surface area contributed by atoms with Gasteiger partial charge in [0.05, 0.1) is 11.5 Å². The molecule has 2 aromatic carbocycles. The van der Waals surface area contributed by atoms with Gasteiger partial charge in [-0.1, -0.05) is 47.6 Å². The monoisotopic (exact) mass is 453 g/mol. The van der Waals surface area contributed by atoms with Crippen molar-refractivity contribution in [2.45, 2.75) is 27.0 Å². The van der Waals surface area contributed by atoms with Gasteiger partial charge in [-0.05, 0) is 37.1 Å². The van der Waals surface area contributed by atoms with Crippen LogP contribution in [0.5, 0.6) is 5.75 Å². The maximum atomic E-state index is 12.6. The summed E-state index contributed by atoms with van der Waals surface area (Å²) in [6.45, 7) is 5.32. The Bertz CT molecular complexity index is 1010. The van der Waals surface area contributed by atoms with Crippen molar-refractivity contribution in [3.05, 3.63) is 77.6 Å². The number of carbonyl (C=O) groups excluding carboxylic acids is 2. The number of hydrogen-bond acceptors (Lipinski definition) is 6. The maximum Gasteiger partial charge on any atom is 0.235 e. The number of aromatic nitrogens is 1. The van der Waals surface area contributed by atoms with E-state index in [1.54, 1.807) is 17.9 Å². The van der Waals surface area contributed by atoms with Crippen molar-refractivity contribution >= 4 is 29.4 Å². The van der Waals surface area contributed by atoms with Crippen molar-refractivity contribution in [3.63, 3.8) is 0 Å². The molecule has 0 unspecified atom stereocenters. The van der Waals surface area contributed by atoms with E-state index in [2.05, 4.69) is 10.5 Å². The lowest BCUT2D eigenvalue weighted by Crippen LogP contribution is -2.32. The molecule has 7 nitrogen and oxygen atoms in total. The number of nitrogens with zero attached hydrogens (tertiary/aromatic N) is 2. The van der Waals surface area contributed by atoms with Gasteiger partial charge in [0.25, 0.3) is 0 Å². The van der Waals surface area contributed by atoms with Gasteiger partial charge >= 0.3 is 0 Å². The van der Waals surface area contributed by atoms with Gasteiger partial charge in [-0.15, -0.1) is 11.8 Å². The molecule has 0 atom stereocenters. The van der Waals surface area contributed by atoms with Crippen molar-refractivity contribution in [1.29, 1.82) is 0 Å². The molecule has 1 heterocycles. The van der Waals surface area contributed by atoms with E-state index >= 15 is 0 Å². The summed E-state index contributed by atoms with van der Waals surface area (Å²) in [6, 6.07) is 19.4. The Morgan fingerprint density at radius 3 is 2.47 bits per heavy atom. The first-order chi connectivity index (χ1) is 15.5. The van der Waals surface area contributed by atoms with E-state index in [4.69, 9.17) is 9.26 Å². The van der Waals surface area contributed by atoms with E-state index < -0.39 is 0 Å². The molecule has 0 aliphatic heterocycles. The summed E-state index contributed by atoms with van der Waals surface area (Å²) in [5.41, 5.74) is 2.14. The summed E-state index contributed by atoms with van der Waals surface area (Å²) in [7, 11) is 0. The molecule has 1 N–H and O–H groups in total. The Labute approximate surface area is 192 Å². The molecule has 2 amide bonds. The third-order valence-electron chi connectivity index (χ3n) is 4.63. The molecule has 0 aliphatic carbocycles. The van der Waals surface area contributed by atoms with Crippen molar-refractivity contribution in [2.24, 2.45) is 0 Å². The van der Waals surface area contributed by atoms with E-state index in [1.807, 2.05) is 61.5 Å². The van der Waals surface area contributed by atoms with E-state index in [0.29, 0.717) is 31.3 Å². The van der Waals surface area contributed by atoms with Crippen molar-refractivity contribution in [3.8, 4) is 5.75 Å². The fourth-order valence-electron chi connectivity index (χ4n) is 2.96. The number of ether oxygens (including phenoxy) is 1. The average Bonchev–Trinajstić information content (AvgIpc) is 3.21. The first kappa shape index (κ1) is 23.4. The number of rotatable bonds is 11. The molecule has 32 heavy (non-hydrogen) atoms. The first-order valence-electron chi connectivity index (χ1n) is 10.4. The molecule has 8 heteroatoms. The summed E-state index contributed by atoms with van der Waals surface area (Å²) in [5.74, 6) is 1.97. The van der Waals surface area contributed by atoms with E-state index in [0.717, 1.165) is 16.9 Å². The van der Waals surface area contributed by atoms with Crippen LogP contribution in [0.2, 0.25) is 0 Å². The number of nitrogens with one attached hydrogen (secondary N) is 1. The minimum atomic E-state index is -0.217. The molecule has 1 aromatic heterocycles. The zero-order valence-electron chi connectivity index (χ0n) is 18.2. The number of carbonyl (C=O) groups is 2. The van der Waals surface area contributed by atoms with Gasteiger partial charge in [-0.25, -0.2) is 0 Å². The SMILES string of the molecule is CCN(Cc1ccc(OCc2ccccc2)cc1)C(=O)CSCC(=O)Nc1cc(C)on1. The van der Waals surface area contributed by atoms with Crippen LogP contribution in [0.4, 0.5) is 5.82 Å². The number of aryl methyl sites for hydroxylation is 1. The van der Waals surface area contributed by atoms with Gasteiger partial charge in [0, 0.05) is 19.2 Å². The number of hydrogen-bond donors (Lipinski definition) is 1. The quantitative estimate of drug-likeness (QED) is 0.466. The summed E-state index contributed by atoms with van der Waals surface area (Å²) in [6.07, 6.45) is 0. The Morgan fingerprint density at radius 1 is 1.06 bits per heavy atom. The molecule has 0 fully saturated rings. The van der Waals surface area contributed by atoms with E-state index in [9.17, 15) is 9.59 Å². The van der Waals surface area contributed by atoms with Crippen molar-refractivity contribution in [2.75, 3.05) is 23.4 Å². The van der Waals surface area contributed by atoms with Gasteiger partial charge in [0.15, 0.2) is 5.82 Å². The highest BCUT2D eigenvalue weighted by molar-refractivity contribution is 8.00. The zero-order chi connectivity index (χ0) is 22.8. The summed E-state index contributed by atoms with van der Waals surface area (Å²) < 4.78 is 10.7. The van der Waals surface area contributed by atoms with Crippen molar-refractivity contribution < 1.29 is 18.8 Å². The van der Waals surface area contributed by atoms with Crippen LogP contribution in [0.1, 0.15) is 23.8 Å². The summed E-state index contributed by atoms with van der Waals surface area (Å²) >= 11 is 1.28. The fraction of sp³-hybridized carbons (Fsp3) is 0.292. The van der Waals surface area contributed by atoms with Crippen molar-refractivity contribution in [1.82, 2.24) is 10.1 Å². The number of thioether (sulfide) groups is 1. The van der Waals surface area contributed by atoms with Gasteiger partial charge in [0.2, 0.25) is 11.8 Å². The van der Waals surface area contributed by atoms with Crippen LogP contribution in [0.15, 0.2) is 65.2 Å². The van der Waals surface area contributed by atoms with Crippen LogP contribution in [0, 0.1) is 6.92 Å².